The molecule has 1 saturated carbocycles. The summed E-state index contributed by atoms with van der Waals surface area (Å²) in [6, 6.07) is 4.66. The Morgan fingerprint density at radius 2 is 1.96 bits per heavy atom. The van der Waals surface area contributed by atoms with Crippen LogP contribution in [0.1, 0.15) is 30.4 Å². The molecule has 0 spiro atoms. The Kier molecular flexibility index (Phi) is 4.57. The molecule has 2 aliphatic rings. The van der Waals surface area contributed by atoms with Crippen LogP contribution in [0.5, 0.6) is 5.88 Å². The van der Waals surface area contributed by atoms with E-state index in [1.54, 1.807) is 26.0 Å². The maximum Gasteiger partial charge on any atom is 0.258 e. The summed E-state index contributed by atoms with van der Waals surface area (Å²) >= 11 is 0. The van der Waals surface area contributed by atoms with E-state index in [0.717, 1.165) is 12.0 Å². The molecule has 0 radical (unpaired) electrons. The first-order valence-electron chi connectivity index (χ1n) is 9.23. The van der Waals surface area contributed by atoms with E-state index in [0.29, 0.717) is 24.9 Å². The van der Waals surface area contributed by atoms with Crippen molar-refractivity contribution >= 4 is 27.1 Å². The molecule has 0 bridgehead atoms. The normalized spacial score (nSPS) is 16.2. The minimum absolute atomic E-state index is 0.153. The summed E-state index contributed by atoms with van der Waals surface area (Å²) in [5, 5.41) is 2.44. The van der Waals surface area contributed by atoms with Gasteiger partial charge >= 0.3 is 0 Å². The van der Waals surface area contributed by atoms with Crippen LogP contribution in [0.15, 0.2) is 23.0 Å². The number of ether oxygens (including phenoxy) is 1. The fraction of sp³-hybridized carbons (Fsp3) is 0.421. The Labute approximate surface area is 162 Å². The smallest absolute Gasteiger partial charge is 0.258 e. The van der Waals surface area contributed by atoms with Gasteiger partial charge in [0.15, 0.2) is 0 Å². The van der Waals surface area contributed by atoms with Gasteiger partial charge in [-0.25, -0.2) is 12.8 Å². The van der Waals surface area contributed by atoms with Gasteiger partial charge in [-0.3, -0.25) is 14.1 Å². The number of aryl methyl sites for hydroxylation is 1. The highest BCUT2D eigenvalue weighted by Crippen LogP contribution is 2.40. The molecule has 7 nitrogen and oxygen atoms in total. The lowest BCUT2D eigenvalue weighted by Gasteiger charge is -2.27. The number of anilines is 3. The van der Waals surface area contributed by atoms with E-state index in [2.05, 4.69) is 10.0 Å². The number of hydrogen-bond donors (Lipinski definition) is 2. The highest BCUT2D eigenvalue weighted by molar-refractivity contribution is 7.93. The van der Waals surface area contributed by atoms with Gasteiger partial charge in [-0.2, -0.15) is 0 Å². The summed E-state index contributed by atoms with van der Waals surface area (Å²) in [5.41, 5.74) is 1.27. The fourth-order valence-corrected chi connectivity index (χ4v) is 5.03. The van der Waals surface area contributed by atoms with Crippen molar-refractivity contribution in [2.45, 2.75) is 44.9 Å². The van der Waals surface area contributed by atoms with Gasteiger partial charge in [0.1, 0.15) is 18.1 Å². The van der Waals surface area contributed by atoms with E-state index in [4.69, 9.17) is 4.74 Å². The van der Waals surface area contributed by atoms with Crippen LogP contribution in [0.3, 0.4) is 0 Å². The van der Waals surface area contributed by atoms with Crippen LogP contribution in [-0.2, 0) is 16.6 Å². The zero-order valence-corrected chi connectivity index (χ0v) is 16.5. The molecule has 1 aliphatic heterocycles. The van der Waals surface area contributed by atoms with E-state index in [1.807, 2.05) is 0 Å². The van der Waals surface area contributed by atoms with Crippen molar-refractivity contribution in [2.75, 3.05) is 16.6 Å². The minimum Gasteiger partial charge on any atom is -0.475 e. The van der Waals surface area contributed by atoms with E-state index in [1.165, 1.54) is 10.6 Å². The third-order valence-electron chi connectivity index (χ3n) is 5.32. The van der Waals surface area contributed by atoms with E-state index >= 15 is 0 Å². The average Bonchev–Trinajstić information content (AvgIpc) is 3.05. The van der Waals surface area contributed by atoms with Crippen molar-refractivity contribution in [3.8, 4) is 5.88 Å². The van der Waals surface area contributed by atoms with E-state index in [-0.39, 0.29) is 35.1 Å². The molecule has 2 heterocycles. The maximum absolute atomic E-state index is 14.4. The molecule has 0 unspecified atom stereocenters. The molecule has 0 amide bonds. The van der Waals surface area contributed by atoms with Crippen LogP contribution < -0.4 is 20.3 Å². The largest absolute Gasteiger partial charge is 0.475 e. The van der Waals surface area contributed by atoms with Crippen molar-refractivity contribution < 1.29 is 17.5 Å². The number of fused-ring (bicyclic) bond motifs is 1. The van der Waals surface area contributed by atoms with Gasteiger partial charge in [0.25, 0.3) is 5.56 Å². The van der Waals surface area contributed by atoms with Crippen molar-refractivity contribution in [1.29, 1.82) is 0 Å². The topological polar surface area (TPSA) is 89.4 Å². The Morgan fingerprint density at radius 3 is 2.61 bits per heavy atom. The molecule has 1 fully saturated rings. The lowest BCUT2D eigenvalue weighted by atomic mass is 10.0. The number of nitrogens with one attached hydrogen (secondary N) is 2. The molecule has 2 aromatic rings. The number of pyridine rings is 1. The lowest BCUT2D eigenvalue weighted by Crippen LogP contribution is -2.34. The number of benzene rings is 1. The molecule has 1 aromatic carbocycles. The van der Waals surface area contributed by atoms with Gasteiger partial charge in [-0.15, -0.1) is 0 Å². The Balaban J connectivity index is 1.84. The number of sulfonamides is 1. The van der Waals surface area contributed by atoms with Crippen LogP contribution >= 0.6 is 0 Å². The summed E-state index contributed by atoms with van der Waals surface area (Å²) in [7, 11) is -3.64. The van der Waals surface area contributed by atoms with E-state index in [9.17, 15) is 17.6 Å². The number of halogens is 1. The molecule has 1 aliphatic carbocycles. The second-order valence-corrected chi connectivity index (χ2v) is 9.25. The van der Waals surface area contributed by atoms with Crippen LogP contribution in [0.4, 0.5) is 21.5 Å². The first-order chi connectivity index (χ1) is 13.3. The SMILES string of the molecule is Cc1ccc(Nc2c(NS(=O)(=O)C3CCC3)c3n(c(=O)c2C)CCO3)c(F)c1. The zero-order valence-electron chi connectivity index (χ0n) is 15.7. The predicted molar refractivity (Wildman–Crippen MR) is 106 cm³/mol. The number of hydrogen-bond acceptors (Lipinski definition) is 5. The monoisotopic (exact) mass is 407 g/mol. The lowest BCUT2D eigenvalue weighted by molar-refractivity contribution is 0.358. The van der Waals surface area contributed by atoms with Crippen molar-refractivity contribution in [3.63, 3.8) is 0 Å². The third kappa shape index (κ3) is 3.13. The summed E-state index contributed by atoms with van der Waals surface area (Å²) in [6.45, 7) is 3.97. The molecule has 9 heteroatoms. The molecular weight excluding hydrogens is 385 g/mol. The molecule has 4 rings (SSSR count). The van der Waals surface area contributed by atoms with Crippen molar-refractivity contribution in [3.05, 3.63) is 45.5 Å². The molecule has 28 heavy (non-hydrogen) atoms. The third-order valence-corrected chi connectivity index (χ3v) is 7.16. The Bertz CT molecular complexity index is 1110. The first-order valence-corrected chi connectivity index (χ1v) is 10.8. The second kappa shape index (κ2) is 6.80. The van der Waals surface area contributed by atoms with Gasteiger partial charge < -0.3 is 10.1 Å². The van der Waals surface area contributed by atoms with Gasteiger partial charge in [0.2, 0.25) is 15.9 Å². The Morgan fingerprint density at radius 1 is 1.21 bits per heavy atom. The summed E-state index contributed by atoms with van der Waals surface area (Å²) in [5.74, 6) is -0.331. The molecular formula is C19H22FN3O4S. The number of aromatic nitrogens is 1. The standard InChI is InChI=1S/C19H22FN3O4S/c1-11-6-7-15(14(20)10-11)21-16-12(2)18(24)23-8-9-27-19(23)17(16)22-28(25,26)13-4-3-5-13/h6-7,10,13,21-22H,3-5,8-9H2,1-2H3. The summed E-state index contributed by atoms with van der Waals surface area (Å²) < 4.78 is 49.5. The molecule has 150 valence electrons. The number of nitrogens with zero attached hydrogens (tertiary/aromatic N) is 1. The highest BCUT2D eigenvalue weighted by Gasteiger charge is 2.34. The first kappa shape index (κ1) is 18.8. The van der Waals surface area contributed by atoms with Gasteiger partial charge in [0.05, 0.1) is 23.2 Å². The van der Waals surface area contributed by atoms with Crippen LogP contribution in [0.2, 0.25) is 0 Å². The molecule has 2 N–H and O–H groups in total. The molecule has 0 atom stereocenters. The fourth-order valence-electron chi connectivity index (χ4n) is 3.43. The second-order valence-electron chi connectivity index (χ2n) is 7.29. The van der Waals surface area contributed by atoms with Gasteiger partial charge in [0, 0.05) is 5.56 Å². The van der Waals surface area contributed by atoms with E-state index < -0.39 is 21.1 Å². The predicted octanol–water partition coefficient (Wildman–Crippen LogP) is 3.03. The van der Waals surface area contributed by atoms with Crippen molar-refractivity contribution in [1.82, 2.24) is 4.57 Å². The Hall–Kier alpha value is -2.55. The molecule has 0 saturated heterocycles. The highest BCUT2D eigenvalue weighted by atomic mass is 32.2. The van der Waals surface area contributed by atoms with Crippen LogP contribution in [0.25, 0.3) is 0 Å². The van der Waals surface area contributed by atoms with Crippen molar-refractivity contribution in [2.24, 2.45) is 0 Å². The minimum atomic E-state index is -3.64. The van der Waals surface area contributed by atoms with Gasteiger partial charge in [-0.05, 0) is 44.4 Å². The van der Waals surface area contributed by atoms with Crippen LogP contribution in [0, 0.1) is 19.7 Å². The van der Waals surface area contributed by atoms with Gasteiger partial charge in [-0.1, -0.05) is 12.5 Å². The average molecular weight is 407 g/mol. The summed E-state index contributed by atoms with van der Waals surface area (Å²) in [4.78, 5) is 12.7. The summed E-state index contributed by atoms with van der Waals surface area (Å²) in [6.07, 6.45) is 2.06. The quantitative estimate of drug-likeness (QED) is 0.795. The molecule has 1 aromatic heterocycles. The number of rotatable bonds is 5. The maximum atomic E-state index is 14.4. The van der Waals surface area contributed by atoms with Crippen LogP contribution in [-0.4, -0.2) is 24.8 Å². The zero-order chi connectivity index (χ0) is 20.1.